The van der Waals surface area contributed by atoms with Crippen LogP contribution in [0, 0.1) is 0 Å². The Hall–Kier alpha value is -3.34. The van der Waals surface area contributed by atoms with Crippen LogP contribution in [0.4, 0.5) is 4.79 Å². The lowest BCUT2D eigenvalue weighted by atomic mass is 10.1. The zero-order valence-corrected chi connectivity index (χ0v) is 17.2. The van der Waals surface area contributed by atoms with Crippen LogP contribution in [-0.4, -0.2) is 54.8 Å². The molecule has 0 unspecified atom stereocenters. The first kappa shape index (κ1) is 25.7. The normalized spacial score (nSPS) is 12.8. The van der Waals surface area contributed by atoms with Gasteiger partial charge in [-0.05, 0) is 31.2 Å². The van der Waals surface area contributed by atoms with E-state index in [9.17, 15) is 24.0 Å². The van der Waals surface area contributed by atoms with Crippen LogP contribution in [-0.2, 0) is 33.5 Å². The average molecular weight is 441 g/mol. The fourth-order valence-electron chi connectivity index (χ4n) is 2.55. The van der Waals surface area contributed by atoms with Gasteiger partial charge in [0.2, 0.25) is 12.7 Å². The highest BCUT2D eigenvalue weighted by Gasteiger charge is 2.33. The van der Waals surface area contributed by atoms with E-state index in [0.717, 1.165) is 19.3 Å². The molecule has 0 aromatic heterocycles. The molecular formula is C18H27N5O8. The highest BCUT2D eigenvalue weighted by molar-refractivity contribution is 6.01. The maximum atomic E-state index is 11.6. The molecule has 3 amide bonds. The van der Waals surface area contributed by atoms with Crippen LogP contribution in [0.2, 0.25) is 0 Å². The quantitative estimate of drug-likeness (QED) is 0.0764. The number of imide groups is 1. The van der Waals surface area contributed by atoms with Gasteiger partial charge in [-0.15, -0.1) is 0 Å². The van der Waals surface area contributed by atoms with Crippen LogP contribution < -0.4 is 5.32 Å². The third-order valence-corrected chi connectivity index (χ3v) is 4.17. The number of azide groups is 1. The summed E-state index contributed by atoms with van der Waals surface area (Å²) in [5.74, 6) is -1.90. The zero-order valence-electron chi connectivity index (χ0n) is 17.2. The number of nitrogens with one attached hydrogen (secondary N) is 1. The molecule has 1 fully saturated rings. The third kappa shape index (κ3) is 12.1. The van der Waals surface area contributed by atoms with Gasteiger partial charge in [-0.25, -0.2) is 4.79 Å². The number of nitrogens with zero attached hydrogens (tertiary/aromatic N) is 4. The van der Waals surface area contributed by atoms with E-state index in [2.05, 4.69) is 24.9 Å². The van der Waals surface area contributed by atoms with Gasteiger partial charge in [-0.1, -0.05) is 23.0 Å². The summed E-state index contributed by atoms with van der Waals surface area (Å²) in [4.78, 5) is 64.2. The van der Waals surface area contributed by atoms with Gasteiger partial charge >= 0.3 is 12.1 Å². The lowest BCUT2D eigenvalue weighted by Crippen LogP contribution is -2.32. The van der Waals surface area contributed by atoms with E-state index in [1.807, 2.05) is 0 Å². The molecule has 0 aromatic carbocycles. The van der Waals surface area contributed by atoms with Gasteiger partial charge in [0, 0.05) is 43.7 Å². The number of esters is 1. The Morgan fingerprint density at radius 3 is 2.35 bits per heavy atom. The molecule has 1 saturated heterocycles. The van der Waals surface area contributed by atoms with Crippen LogP contribution in [0.15, 0.2) is 5.11 Å². The van der Waals surface area contributed by atoms with Crippen molar-refractivity contribution >= 4 is 29.8 Å². The summed E-state index contributed by atoms with van der Waals surface area (Å²) >= 11 is 0. The Labute approximate surface area is 178 Å². The second-order valence-corrected chi connectivity index (χ2v) is 6.63. The standard InChI is InChI=1S/C18H27N5O8/c19-22-21-12-6-1-3-7-14(24)20-11-5-2-4-8-17(27)29-13-30-18(28)31-23-15(25)9-10-16(23)26/h1-13H2,(H,20,24). The van der Waals surface area contributed by atoms with Gasteiger partial charge in [0.15, 0.2) is 0 Å². The molecule has 1 aliphatic heterocycles. The van der Waals surface area contributed by atoms with Crippen molar-refractivity contribution in [3.63, 3.8) is 0 Å². The first-order valence-corrected chi connectivity index (χ1v) is 10.1. The van der Waals surface area contributed by atoms with Crippen molar-refractivity contribution in [1.29, 1.82) is 0 Å². The molecule has 0 radical (unpaired) electrons. The maximum Gasteiger partial charge on any atom is 0.536 e. The molecule has 1 N–H and O–H groups in total. The molecule has 0 aliphatic carbocycles. The number of carbonyl (C=O) groups is 5. The zero-order chi connectivity index (χ0) is 22.9. The molecule has 31 heavy (non-hydrogen) atoms. The van der Waals surface area contributed by atoms with Crippen molar-refractivity contribution in [1.82, 2.24) is 10.4 Å². The average Bonchev–Trinajstić information content (AvgIpc) is 3.05. The Bertz CT molecular complexity index is 676. The first-order valence-electron chi connectivity index (χ1n) is 10.1. The molecule has 1 heterocycles. The first-order chi connectivity index (χ1) is 14.9. The summed E-state index contributed by atoms with van der Waals surface area (Å²) in [6.07, 6.45) is 3.40. The SMILES string of the molecule is [N-]=[N+]=NCCCCCC(=O)NCCCCCC(=O)OCOC(=O)ON1C(=O)CCC1=O. The summed E-state index contributed by atoms with van der Waals surface area (Å²) < 4.78 is 9.19. The fraction of sp³-hybridized carbons (Fsp3) is 0.722. The highest BCUT2D eigenvalue weighted by atomic mass is 16.9. The maximum absolute atomic E-state index is 11.6. The van der Waals surface area contributed by atoms with E-state index in [1.165, 1.54) is 0 Å². The largest absolute Gasteiger partial charge is 0.536 e. The van der Waals surface area contributed by atoms with Crippen LogP contribution in [0.3, 0.4) is 0 Å². The monoisotopic (exact) mass is 441 g/mol. The van der Waals surface area contributed by atoms with Crippen molar-refractivity contribution in [2.24, 2.45) is 5.11 Å². The summed E-state index contributed by atoms with van der Waals surface area (Å²) in [5.41, 5.74) is 8.14. The molecule has 0 atom stereocenters. The Kier molecular flexibility index (Phi) is 12.8. The smallest absolute Gasteiger partial charge is 0.428 e. The van der Waals surface area contributed by atoms with Gasteiger partial charge in [0.1, 0.15) is 0 Å². The number of unbranched alkanes of at least 4 members (excludes halogenated alkanes) is 4. The number of rotatable bonds is 15. The number of ether oxygens (including phenoxy) is 2. The predicted octanol–water partition coefficient (Wildman–Crippen LogP) is 2.25. The van der Waals surface area contributed by atoms with Crippen LogP contribution in [0.1, 0.15) is 64.2 Å². The third-order valence-electron chi connectivity index (χ3n) is 4.17. The summed E-state index contributed by atoms with van der Waals surface area (Å²) in [6, 6.07) is 0. The molecule has 13 heteroatoms. The van der Waals surface area contributed by atoms with E-state index in [0.29, 0.717) is 43.8 Å². The van der Waals surface area contributed by atoms with E-state index < -0.39 is 30.7 Å². The minimum absolute atomic E-state index is 0.0368. The Morgan fingerprint density at radius 2 is 1.65 bits per heavy atom. The fourth-order valence-corrected chi connectivity index (χ4v) is 2.55. The molecule has 0 spiro atoms. The molecule has 0 saturated carbocycles. The van der Waals surface area contributed by atoms with Crippen LogP contribution in [0.5, 0.6) is 0 Å². The van der Waals surface area contributed by atoms with E-state index in [-0.39, 0.29) is 25.2 Å². The van der Waals surface area contributed by atoms with Crippen molar-refractivity contribution < 1.29 is 38.3 Å². The molecule has 1 rings (SSSR count). The number of hydrogen-bond acceptors (Lipinski definition) is 9. The lowest BCUT2D eigenvalue weighted by Gasteiger charge is -2.12. The van der Waals surface area contributed by atoms with Gasteiger partial charge in [-0.2, -0.15) is 0 Å². The minimum atomic E-state index is -1.32. The topological polar surface area (TPSA) is 177 Å². The van der Waals surface area contributed by atoms with E-state index in [1.54, 1.807) is 0 Å². The van der Waals surface area contributed by atoms with Crippen LogP contribution in [0.25, 0.3) is 10.4 Å². The number of amides is 3. The van der Waals surface area contributed by atoms with Crippen molar-refractivity contribution in [3.05, 3.63) is 10.4 Å². The van der Waals surface area contributed by atoms with Gasteiger partial charge in [0.25, 0.3) is 11.8 Å². The second kappa shape index (κ2) is 15.5. The van der Waals surface area contributed by atoms with Gasteiger partial charge < -0.3 is 14.8 Å². The molecule has 0 bridgehead atoms. The Morgan fingerprint density at radius 1 is 0.968 bits per heavy atom. The van der Waals surface area contributed by atoms with Crippen molar-refractivity contribution in [3.8, 4) is 0 Å². The second-order valence-electron chi connectivity index (χ2n) is 6.63. The van der Waals surface area contributed by atoms with E-state index in [4.69, 9.17) is 10.3 Å². The Balaban J connectivity index is 1.94. The molecule has 172 valence electrons. The van der Waals surface area contributed by atoms with Crippen molar-refractivity contribution in [2.45, 2.75) is 64.2 Å². The van der Waals surface area contributed by atoms with Crippen molar-refractivity contribution in [2.75, 3.05) is 19.9 Å². The molecule has 0 aromatic rings. The van der Waals surface area contributed by atoms with Gasteiger partial charge in [-0.3, -0.25) is 24.0 Å². The summed E-state index contributed by atoms with van der Waals surface area (Å²) in [5, 5.41) is 6.55. The number of hydrogen-bond donors (Lipinski definition) is 1. The summed E-state index contributed by atoms with van der Waals surface area (Å²) in [6.45, 7) is 0.264. The number of hydroxylamine groups is 2. The predicted molar refractivity (Wildman–Crippen MR) is 104 cm³/mol. The summed E-state index contributed by atoms with van der Waals surface area (Å²) in [7, 11) is 0. The molecule has 13 nitrogen and oxygen atoms in total. The highest BCUT2D eigenvalue weighted by Crippen LogP contribution is 2.12. The molecular weight excluding hydrogens is 414 g/mol. The van der Waals surface area contributed by atoms with E-state index >= 15 is 0 Å². The lowest BCUT2D eigenvalue weighted by molar-refractivity contribution is -0.182. The van der Waals surface area contributed by atoms with Gasteiger partial charge in [0.05, 0.1) is 0 Å². The number of carbonyl (C=O) groups excluding carboxylic acids is 5. The molecule has 1 aliphatic rings. The van der Waals surface area contributed by atoms with Crippen LogP contribution >= 0.6 is 0 Å². The minimum Gasteiger partial charge on any atom is -0.428 e.